The lowest BCUT2D eigenvalue weighted by atomic mass is 10.2. The number of likely N-dealkylation sites (N-methyl/N-ethyl adjacent to an activating group) is 1. The molecule has 4 heteroatoms. The fourth-order valence-electron chi connectivity index (χ4n) is 1.72. The molecule has 1 atom stereocenters. The van der Waals surface area contributed by atoms with E-state index in [0.717, 1.165) is 36.3 Å². The number of aromatic nitrogens is 1. The van der Waals surface area contributed by atoms with Crippen LogP contribution < -0.4 is 5.32 Å². The molecule has 0 aliphatic carbocycles. The van der Waals surface area contributed by atoms with Crippen molar-refractivity contribution < 1.29 is 0 Å². The van der Waals surface area contributed by atoms with E-state index in [1.807, 2.05) is 18.3 Å². The predicted octanol–water partition coefficient (Wildman–Crippen LogP) is 2.66. The Balaban J connectivity index is 2.32. The summed E-state index contributed by atoms with van der Waals surface area (Å²) in [5.41, 5.74) is 1.08. The van der Waals surface area contributed by atoms with Crippen molar-refractivity contribution in [2.45, 2.75) is 33.4 Å². The molecule has 17 heavy (non-hydrogen) atoms. The van der Waals surface area contributed by atoms with Crippen LogP contribution in [0.15, 0.2) is 22.8 Å². The third-order valence-corrected chi connectivity index (χ3v) is 3.32. The molecular formula is C13H22BrN3. The molecule has 1 heterocycles. The van der Waals surface area contributed by atoms with Crippen molar-refractivity contribution in [3.8, 4) is 0 Å². The van der Waals surface area contributed by atoms with Crippen molar-refractivity contribution in [3.05, 3.63) is 28.5 Å². The highest BCUT2D eigenvalue weighted by molar-refractivity contribution is 9.10. The van der Waals surface area contributed by atoms with Gasteiger partial charge in [0.1, 0.15) is 0 Å². The predicted molar refractivity (Wildman–Crippen MR) is 76.0 cm³/mol. The fourth-order valence-corrected chi connectivity index (χ4v) is 1.96. The quantitative estimate of drug-likeness (QED) is 0.839. The fraction of sp³-hybridized carbons (Fsp3) is 0.615. The molecule has 0 bridgehead atoms. The van der Waals surface area contributed by atoms with Gasteiger partial charge in [0.25, 0.3) is 0 Å². The average molecular weight is 300 g/mol. The van der Waals surface area contributed by atoms with Crippen LogP contribution in [0.4, 0.5) is 0 Å². The van der Waals surface area contributed by atoms with E-state index < -0.39 is 0 Å². The maximum Gasteiger partial charge on any atom is 0.0542 e. The minimum Gasteiger partial charge on any atom is -0.307 e. The van der Waals surface area contributed by atoms with Gasteiger partial charge >= 0.3 is 0 Å². The van der Waals surface area contributed by atoms with Gasteiger partial charge in [0.15, 0.2) is 0 Å². The lowest BCUT2D eigenvalue weighted by Gasteiger charge is -2.23. The molecule has 0 aromatic carbocycles. The summed E-state index contributed by atoms with van der Waals surface area (Å²) in [5, 5.41) is 3.50. The summed E-state index contributed by atoms with van der Waals surface area (Å²) in [6.45, 7) is 10.8. The molecule has 96 valence electrons. The molecule has 0 fully saturated rings. The zero-order chi connectivity index (χ0) is 12.7. The van der Waals surface area contributed by atoms with Crippen molar-refractivity contribution in [1.82, 2.24) is 15.2 Å². The van der Waals surface area contributed by atoms with Gasteiger partial charge in [-0.15, -0.1) is 0 Å². The van der Waals surface area contributed by atoms with Gasteiger partial charge in [-0.05, 0) is 48.1 Å². The van der Waals surface area contributed by atoms with Crippen molar-refractivity contribution in [2.24, 2.45) is 0 Å². The molecule has 1 N–H and O–H groups in total. The average Bonchev–Trinajstić information content (AvgIpc) is 2.35. The number of hydrogen-bond acceptors (Lipinski definition) is 3. The summed E-state index contributed by atoms with van der Waals surface area (Å²) >= 11 is 3.39. The molecular weight excluding hydrogens is 278 g/mol. The molecule has 0 aliphatic rings. The molecule has 1 rings (SSSR count). The van der Waals surface area contributed by atoms with Crippen LogP contribution in [0.2, 0.25) is 0 Å². The van der Waals surface area contributed by atoms with Gasteiger partial charge in [0.2, 0.25) is 0 Å². The summed E-state index contributed by atoms with van der Waals surface area (Å²) < 4.78 is 1.03. The summed E-state index contributed by atoms with van der Waals surface area (Å²) in [5.74, 6) is 0. The minimum atomic E-state index is 0.486. The Bertz CT molecular complexity index is 309. The van der Waals surface area contributed by atoms with Crippen molar-refractivity contribution in [3.63, 3.8) is 0 Å². The van der Waals surface area contributed by atoms with Gasteiger partial charge in [-0.1, -0.05) is 13.8 Å². The van der Waals surface area contributed by atoms with E-state index >= 15 is 0 Å². The van der Waals surface area contributed by atoms with E-state index in [2.05, 4.69) is 51.9 Å². The highest BCUT2D eigenvalue weighted by Gasteiger charge is 2.06. The van der Waals surface area contributed by atoms with Crippen molar-refractivity contribution in [2.75, 3.05) is 19.6 Å². The third-order valence-electron chi connectivity index (χ3n) is 2.85. The third kappa shape index (κ3) is 5.61. The topological polar surface area (TPSA) is 28.2 Å². The minimum absolute atomic E-state index is 0.486. The van der Waals surface area contributed by atoms with Crippen molar-refractivity contribution >= 4 is 15.9 Å². The number of nitrogens with zero attached hydrogens (tertiary/aromatic N) is 2. The Morgan fingerprint density at radius 3 is 2.59 bits per heavy atom. The maximum atomic E-state index is 4.35. The van der Waals surface area contributed by atoms with Crippen LogP contribution in [0.3, 0.4) is 0 Å². The Morgan fingerprint density at radius 2 is 2.06 bits per heavy atom. The van der Waals surface area contributed by atoms with Crippen LogP contribution >= 0.6 is 15.9 Å². The molecule has 3 nitrogen and oxygen atoms in total. The van der Waals surface area contributed by atoms with Crippen LogP contribution in [-0.2, 0) is 6.54 Å². The monoisotopic (exact) mass is 299 g/mol. The van der Waals surface area contributed by atoms with Crippen LogP contribution in [0.1, 0.15) is 26.5 Å². The normalized spacial score (nSPS) is 13.0. The van der Waals surface area contributed by atoms with E-state index in [9.17, 15) is 0 Å². The van der Waals surface area contributed by atoms with Gasteiger partial charge in [-0.3, -0.25) is 4.98 Å². The summed E-state index contributed by atoms with van der Waals surface area (Å²) in [4.78, 5) is 6.77. The first-order valence-corrected chi connectivity index (χ1v) is 7.01. The molecule has 0 saturated heterocycles. The zero-order valence-corrected chi connectivity index (χ0v) is 12.5. The number of halogens is 1. The lowest BCUT2D eigenvalue weighted by Crippen LogP contribution is -2.38. The first kappa shape index (κ1) is 14.6. The number of nitrogens with one attached hydrogen (secondary N) is 1. The molecule has 0 amide bonds. The van der Waals surface area contributed by atoms with Gasteiger partial charge in [0.05, 0.1) is 5.69 Å². The molecule has 1 aromatic heterocycles. The van der Waals surface area contributed by atoms with Gasteiger partial charge < -0.3 is 10.2 Å². The summed E-state index contributed by atoms with van der Waals surface area (Å²) in [7, 11) is 0. The maximum absolute atomic E-state index is 4.35. The molecule has 1 aromatic rings. The highest BCUT2D eigenvalue weighted by atomic mass is 79.9. The second-order valence-electron chi connectivity index (χ2n) is 4.24. The lowest BCUT2D eigenvalue weighted by molar-refractivity contribution is 0.270. The molecule has 0 spiro atoms. The highest BCUT2D eigenvalue weighted by Crippen LogP contribution is 2.07. The smallest absolute Gasteiger partial charge is 0.0542 e. The Kier molecular flexibility index (Phi) is 6.70. The van der Waals surface area contributed by atoms with E-state index in [1.54, 1.807) is 0 Å². The second kappa shape index (κ2) is 7.80. The molecule has 0 radical (unpaired) electrons. The molecule has 1 unspecified atom stereocenters. The largest absolute Gasteiger partial charge is 0.307 e. The second-order valence-corrected chi connectivity index (χ2v) is 5.15. The first-order chi connectivity index (χ1) is 8.15. The Morgan fingerprint density at radius 1 is 1.35 bits per heavy atom. The van der Waals surface area contributed by atoms with Crippen LogP contribution in [0.25, 0.3) is 0 Å². The van der Waals surface area contributed by atoms with E-state index in [1.165, 1.54) is 0 Å². The number of rotatable bonds is 7. The summed E-state index contributed by atoms with van der Waals surface area (Å²) in [6, 6.07) is 4.56. The zero-order valence-electron chi connectivity index (χ0n) is 10.9. The Hall–Kier alpha value is -0.450. The van der Waals surface area contributed by atoms with Crippen LogP contribution in [0, 0.1) is 0 Å². The standard InChI is InChI=1S/C13H22BrN3/c1-4-17(5-2)10-11(3)15-9-13-7-6-12(14)8-16-13/h6-8,11,15H,4-5,9-10H2,1-3H3. The summed E-state index contributed by atoms with van der Waals surface area (Å²) in [6.07, 6.45) is 1.84. The van der Waals surface area contributed by atoms with Gasteiger partial charge in [-0.25, -0.2) is 0 Å². The van der Waals surface area contributed by atoms with E-state index in [-0.39, 0.29) is 0 Å². The van der Waals surface area contributed by atoms with Gasteiger partial charge in [0, 0.05) is 29.8 Å². The molecule has 0 aliphatic heterocycles. The number of pyridine rings is 1. The van der Waals surface area contributed by atoms with Crippen LogP contribution in [0.5, 0.6) is 0 Å². The number of hydrogen-bond donors (Lipinski definition) is 1. The van der Waals surface area contributed by atoms with Crippen molar-refractivity contribution in [1.29, 1.82) is 0 Å². The first-order valence-electron chi connectivity index (χ1n) is 6.21. The SMILES string of the molecule is CCN(CC)CC(C)NCc1ccc(Br)cn1. The Labute approximate surface area is 113 Å². The van der Waals surface area contributed by atoms with E-state index in [0.29, 0.717) is 6.04 Å². The van der Waals surface area contributed by atoms with Crippen LogP contribution in [-0.4, -0.2) is 35.6 Å². The van der Waals surface area contributed by atoms with Gasteiger partial charge in [-0.2, -0.15) is 0 Å². The van der Waals surface area contributed by atoms with E-state index in [4.69, 9.17) is 0 Å². The molecule has 0 saturated carbocycles.